The molecule has 0 radical (unpaired) electrons. The highest BCUT2D eigenvalue weighted by Crippen LogP contribution is 2.16. The van der Waals surface area contributed by atoms with Crippen molar-refractivity contribution in [2.45, 2.75) is 32.5 Å². The molecule has 0 bridgehead atoms. The van der Waals surface area contributed by atoms with Crippen LogP contribution in [-0.4, -0.2) is 31.1 Å². The maximum Gasteiger partial charge on any atom is 0.225 e. The molecule has 0 unspecified atom stereocenters. The highest BCUT2D eigenvalue weighted by atomic mass is 16.5. The number of nitrogens with zero attached hydrogens (tertiary/aromatic N) is 1. The van der Waals surface area contributed by atoms with Crippen molar-refractivity contribution in [3.63, 3.8) is 0 Å². The zero-order chi connectivity index (χ0) is 17.5. The van der Waals surface area contributed by atoms with Crippen LogP contribution in [0.4, 0.5) is 0 Å². The van der Waals surface area contributed by atoms with Crippen LogP contribution in [0.5, 0.6) is 0 Å². The lowest BCUT2D eigenvalue weighted by molar-refractivity contribution is -0.129. The van der Waals surface area contributed by atoms with Gasteiger partial charge in [0.05, 0.1) is 25.3 Å². The molecule has 2 heterocycles. The summed E-state index contributed by atoms with van der Waals surface area (Å²) in [5.74, 6) is 1.03. The second kappa shape index (κ2) is 8.83. The summed E-state index contributed by atoms with van der Waals surface area (Å²) >= 11 is 0. The molecule has 1 aliphatic heterocycles. The summed E-state index contributed by atoms with van der Waals surface area (Å²) in [7, 11) is 2.07. The number of nitrogens with one attached hydrogen (secondary N) is 1. The molecule has 2 aromatic rings. The predicted molar refractivity (Wildman–Crippen MR) is 95.7 cm³/mol. The van der Waals surface area contributed by atoms with Gasteiger partial charge in [-0.1, -0.05) is 24.3 Å². The number of hydrogen-bond donors (Lipinski definition) is 1. The van der Waals surface area contributed by atoms with Gasteiger partial charge in [-0.2, -0.15) is 0 Å². The number of hydrogen-bond acceptors (Lipinski definition) is 4. The number of furan rings is 1. The Morgan fingerprint density at radius 2 is 2.04 bits per heavy atom. The molecule has 134 valence electrons. The SMILES string of the molecule is CN(Cc1ccco1)Cc1ccccc1CNC(=O)[C@@H]1CCCOC1. The number of ether oxygens (including phenoxy) is 1. The highest BCUT2D eigenvalue weighted by molar-refractivity contribution is 5.78. The van der Waals surface area contributed by atoms with Gasteiger partial charge in [-0.15, -0.1) is 0 Å². The van der Waals surface area contributed by atoms with Crippen LogP contribution in [0.15, 0.2) is 47.1 Å². The van der Waals surface area contributed by atoms with Crippen LogP contribution in [0.25, 0.3) is 0 Å². The summed E-state index contributed by atoms with van der Waals surface area (Å²) in [5, 5.41) is 3.07. The fraction of sp³-hybridized carbons (Fsp3) is 0.450. The van der Waals surface area contributed by atoms with Crippen LogP contribution < -0.4 is 5.32 Å². The third kappa shape index (κ3) is 5.18. The number of rotatable bonds is 7. The Balaban J connectivity index is 1.55. The number of carbonyl (C=O) groups excluding carboxylic acids is 1. The smallest absolute Gasteiger partial charge is 0.225 e. The van der Waals surface area contributed by atoms with Gasteiger partial charge in [-0.25, -0.2) is 0 Å². The molecular formula is C20H26N2O3. The second-order valence-electron chi connectivity index (χ2n) is 6.65. The Kier molecular flexibility index (Phi) is 6.25. The van der Waals surface area contributed by atoms with Crippen LogP contribution in [0, 0.1) is 5.92 Å². The van der Waals surface area contributed by atoms with Crippen molar-refractivity contribution >= 4 is 5.91 Å². The summed E-state index contributed by atoms with van der Waals surface area (Å²) in [6.45, 7) is 3.43. The first-order valence-electron chi connectivity index (χ1n) is 8.85. The monoisotopic (exact) mass is 342 g/mol. The van der Waals surface area contributed by atoms with Crippen molar-refractivity contribution in [3.05, 3.63) is 59.5 Å². The van der Waals surface area contributed by atoms with Gasteiger partial charge in [0.2, 0.25) is 5.91 Å². The van der Waals surface area contributed by atoms with Crippen molar-refractivity contribution in [1.82, 2.24) is 10.2 Å². The molecule has 0 spiro atoms. The van der Waals surface area contributed by atoms with Crippen molar-refractivity contribution in [2.24, 2.45) is 5.92 Å². The molecule has 5 nitrogen and oxygen atoms in total. The first-order valence-corrected chi connectivity index (χ1v) is 8.85. The molecule has 1 N–H and O–H groups in total. The number of amides is 1. The minimum absolute atomic E-state index is 0.0115. The Morgan fingerprint density at radius 1 is 1.20 bits per heavy atom. The summed E-state index contributed by atoms with van der Waals surface area (Å²) < 4.78 is 10.8. The van der Waals surface area contributed by atoms with Gasteiger partial charge in [0.1, 0.15) is 5.76 Å². The maximum atomic E-state index is 12.3. The lowest BCUT2D eigenvalue weighted by Gasteiger charge is -2.22. The normalized spacial score (nSPS) is 17.6. The van der Waals surface area contributed by atoms with E-state index < -0.39 is 0 Å². The minimum atomic E-state index is -0.0115. The molecular weight excluding hydrogens is 316 g/mol. The summed E-state index contributed by atoms with van der Waals surface area (Å²) in [6, 6.07) is 12.1. The summed E-state index contributed by atoms with van der Waals surface area (Å²) in [4.78, 5) is 14.5. The maximum absolute atomic E-state index is 12.3. The zero-order valence-corrected chi connectivity index (χ0v) is 14.7. The van der Waals surface area contributed by atoms with Gasteiger partial charge in [0.15, 0.2) is 0 Å². The molecule has 3 rings (SSSR count). The van der Waals surface area contributed by atoms with E-state index in [-0.39, 0.29) is 11.8 Å². The molecule has 1 saturated heterocycles. The summed E-state index contributed by atoms with van der Waals surface area (Å²) in [5.41, 5.74) is 2.37. The molecule has 0 aliphatic carbocycles. The van der Waals surface area contributed by atoms with E-state index in [9.17, 15) is 4.79 Å². The average molecular weight is 342 g/mol. The number of carbonyl (C=O) groups is 1. The Morgan fingerprint density at radius 3 is 2.76 bits per heavy atom. The van der Waals surface area contributed by atoms with E-state index in [1.54, 1.807) is 6.26 Å². The van der Waals surface area contributed by atoms with Gasteiger partial charge >= 0.3 is 0 Å². The topological polar surface area (TPSA) is 54.7 Å². The first kappa shape index (κ1) is 17.7. The Hall–Kier alpha value is -2.11. The standard InChI is InChI=1S/C20H26N2O3/c1-22(14-19-9-5-11-25-19)13-17-7-3-2-6-16(17)12-21-20(23)18-8-4-10-24-15-18/h2-3,5-7,9,11,18H,4,8,10,12-15H2,1H3,(H,21,23)/t18-/m1/s1. The van der Waals surface area contributed by atoms with E-state index in [0.29, 0.717) is 13.2 Å². The molecule has 1 amide bonds. The van der Waals surface area contributed by atoms with Crippen molar-refractivity contribution in [1.29, 1.82) is 0 Å². The third-order valence-corrected chi connectivity index (χ3v) is 4.55. The molecule has 25 heavy (non-hydrogen) atoms. The van der Waals surface area contributed by atoms with Crippen LogP contribution in [-0.2, 0) is 29.2 Å². The van der Waals surface area contributed by atoms with Crippen molar-refractivity contribution < 1.29 is 13.9 Å². The quantitative estimate of drug-likeness (QED) is 0.840. The fourth-order valence-corrected chi connectivity index (χ4v) is 3.17. The molecule has 5 heteroatoms. The van der Waals surface area contributed by atoms with Gasteiger partial charge in [-0.05, 0) is 43.1 Å². The zero-order valence-electron chi connectivity index (χ0n) is 14.7. The van der Waals surface area contributed by atoms with Gasteiger partial charge in [-0.3, -0.25) is 9.69 Å². The van der Waals surface area contributed by atoms with E-state index in [1.165, 1.54) is 5.56 Å². The third-order valence-electron chi connectivity index (χ3n) is 4.55. The van der Waals surface area contributed by atoms with Crippen LogP contribution >= 0.6 is 0 Å². The Labute approximate surface area is 149 Å². The average Bonchev–Trinajstić information content (AvgIpc) is 3.14. The van der Waals surface area contributed by atoms with E-state index in [0.717, 1.165) is 43.9 Å². The molecule has 0 saturated carbocycles. The van der Waals surface area contributed by atoms with Crippen LogP contribution in [0.3, 0.4) is 0 Å². The fourth-order valence-electron chi connectivity index (χ4n) is 3.17. The van der Waals surface area contributed by atoms with Crippen LogP contribution in [0.2, 0.25) is 0 Å². The van der Waals surface area contributed by atoms with Crippen molar-refractivity contribution in [3.8, 4) is 0 Å². The van der Waals surface area contributed by atoms with Gasteiger partial charge in [0.25, 0.3) is 0 Å². The van der Waals surface area contributed by atoms with Crippen molar-refractivity contribution in [2.75, 3.05) is 20.3 Å². The largest absolute Gasteiger partial charge is 0.468 e. The molecule has 1 aromatic heterocycles. The molecule has 1 aliphatic rings. The predicted octanol–water partition coefficient (Wildman–Crippen LogP) is 2.95. The summed E-state index contributed by atoms with van der Waals surface area (Å²) in [6.07, 6.45) is 3.58. The van der Waals surface area contributed by atoms with Gasteiger partial charge in [0, 0.05) is 19.7 Å². The number of benzene rings is 1. The molecule has 1 aromatic carbocycles. The lowest BCUT2D eigenvalue weighted by atomic mass is 10.0. The van der Waals surface area contributed by atoms with E-state index in [4.69, 9.17) is 9.15 Å². The lowest BCUT2D eigenvalue weighted by Crippen LogP contribution is -2.35. The minimum Gasteiger partial charge on any atom is -0.468 e. The van der Waals surface area contributed by atoms with E-state index >= 15 is 0 Å². The van der Waals surface area contributed by atoms with Gasteiger partial charge < -0.3 is 14.5 Å². The van der Waals surface area contributed by atoms with E-state index in [1.807, 2.05) is 24.3 Å². The first-order chi connectivity index (χ1) is 12.2. The highest BCUT2D eigenvalue weighted by Gasteiger charge is 2.21. The molecule has 1 fully saturated rings. The molecule has 1 atom stereocenters. The second-order valence-corrected chi connectivity index (χ2v) is 6.65. The Bertz CT molecular complexity index is 663. The van der Waals surface area contributed by atoms with E-state index in [2.05, 4.69) is 29.4 Å². The van der Waals surface area contributed by atoms with Crippen LogP contribution in [0.1, 0.15) is 29.7 Å².